The van der Waals surface area contributed by atoms with Gasteiger partial charge in [0.2, 0.25) is 0 Å². The summed E-state index contributed by atoms with van der Waals surface area (Å²) in [6.07, 6.45) is 2.79. The third-order valence-corrected chi connectivity index (χ3v) is 2.65. The van der Waals surface area contributed by atoms with E-state index in [-0.39, 0.29) is 5.82 Å². The fourth-order valence-corrected chi connectivity index (χ4v) is 1.70. The SMILES string of the molecule is COc1ccc(OC)c(NCc2cncc(F)c2)c1. The number of hydrogen-bond donors (Lipinski definition) is 1. The lowest BCUT2D eigenvalue weighted by atomic mass is 10.2. The van der Waals surface area contributed by atoms with Crippen molar-refractivity contribution < 1.29 is 13.9 Å². The van der Waals surface area contributed by atoms with Crippen molar-refractivity contribution in [3.63, 3.8) is 0 Å². The molecule has 2 rings (SSSR count). The molecule has 0 aliphatic heterocycles. The summed E-state index contributed by atoms with van der Waals surface area (Å²) in [5.74, 6) is 1.07. The van der Waals surface area contributed by atoms with Gasteiger partial charge in [0.1, 0.15) is 17.3 Å². The van der Waals surface area contributed by atoms with Crippen LogP contribution in [0.25, 0.3) is 0 Å². The number of halogens is 1. The van der Waals surface area contributed by atoms with Crippen LogP contribution in [0.2, 0.25) is 0 Å². The second kappa shape index (κ2) is 6.04. The van der Waals surface area contributed by atoms with Crippen molar-refractivity contribution >= 4 is 5.69 Å². The van der Waals surface area contributed by atoms with E-state index in [0.29, 0.717) is 12.3 Å². The van der Waals surface area contributed by atoms with Crippen LogP contribution in [-0.4, -0.2) is 19.2 Å². The van der Waals surface area contributed by atoms with E-state index in [1.165, 1.54) is 12.3 Å². The van der Waals surface area contributed by atoms with Crippen LogP contribution in [0.3, 0.4) is 0 Å². The van der Waals surface area contributed by atoms with Gasteiger partial charge in [0.15, 0.2) is 0 Å². The second-order valence-electron chi connectivity index (χ2n) is 3.93. The standard InChI is InChI=1S/C14H15FN2O2/c1-18-12-3-4-14(19-2)13(6-12)17-8-10-5-11(15)9-16-7-10/h3-7,9,17H,8H2,1-2H3. The summed E-state index contributed by atoms with van der Waals surface area (Å²) in [6, 6.07) is 6.89. The number of aromatic nitrogens is 1. The number of anilines is 1. The zero-order valence-electron chi connectivity index (χ0n) is 10.8. The number of nitrogens with zero attached hydrogens (tertiary/aromatic N) is 1. The molecule has 0 fully saturated rings. The van der Waals surface area contributed by atoms with E-state index < -0.39 is 0 Å². The highest BCUT2D eigenvalue weighted by atomic mass is 19.1. The van der Waals surface area contributed by atoms with Gasteiger partial charge in [-0.05, 0) is 23.8 Å². The third kappa shape index (κ3) is 3.34. The van der Waals surface area contributed by atoms with Crippen LogP contribution >= 0.6 is 0 Å². The molecule has 0 unspecified atom stereocenters. The number of rotatable bonds is 5. The number of ether oxygens (including phenoxy) is 2. The van der Waals surface area contributed by atoms with Gasteiger partial charge >= 0.3 is 0 Å². The number of nitrogens with one attached hydrogen (secondary N) is 1. The van der Waals surface area contributed by atoms with E-state index >= 15 is 0 Å². The molecule has 100 valence electrons. The fourth-order valence-electron chi connectivity index (χ4n) is 1.70. The predicted octanol–water partition coefficient (Wildman–Crippen LogP) is 2.85. The zero-order chi connectivity index (χ0) is 13.7. The Morgan fingerprint density at radius 3 is 2.68 bits per heavy atom. The van der Waals surface area contributed by atoms with Gasteiger partial charge in [-0.2, -0.15) is 0 Å². The fraction of sp³-hybridized carbons (Fsp3) is 0.214. The van der Waals surface area contributed by atoms with Crippen LogP contribution in [-0.2, 0) is 6.54 Å². The summed E-state index contributed by atoms with van der Waals surface area (Å²) in [5.41, 5.74) is 1.54. The van der Waals surface area contributed by atoms with Crippen LogP contribution in [0.1, 0.15) is 5.56 Å². The van der Waals surface area contributed by atoms with Crippen molar-refractivity contribution in [1.29, 1.82) is 0 Å². The van der Waals surface area contributed by atoms with Crippen molar-refractivity contribution in [2.45, 2.75) is 6.54 Å². The van der Waals surface area contributed by atoms with E-state index in [1.54, 1.807) is 20.4 Å². The van der Waals surface area contributed by atoms with Crippen LogP contribution in [0, 0.1) is 5.82 Å². The second-order valence-corrected chi connectivity index (χ2v) is 3.93. The highest BCUT2D eigenvalue weighted by Gasteiger charge is 2.05. The third-order valence-electron chi connectivity index (χ3n) is 2.65. The molecule has 19 heavy (non-hydrogen) atoms. The molecule has 0 bridgehead atoms. The van der Waals surface area contributed by atoms with Gasteiger partial charge < -0.3 is 14.8 Å². The minimum atomic E-state index is -0.350. The van der Waals surface area contributed by atoms with E-state index in [4.69, 9.17) is 9.47 Å². The van der Waals surface area contributed by atoms with Gasteiger partial charge in [-0.25, -0.2) is 4.39 Å². The first-order chi connectivity index (χ1) is 9.22. The molecule has 0 aliphatic carbocycles. The highest BCUT2D eigenvalue weighted by Crippen LogP contribution is 2.29. The average molecular weight is 262 g/mol. The van der Waals surface area contributed by atoms with E-state index in [9.17, 15) is 4.39 Å². The number of hydrogen-bond acceptors (Lipinski definition) is 4. The first-order valence-corrected chi connectivity index (χ1v) is 5.78. The van der Waals surface area contributed by atoms with Crippen LogP contribution < -0.4 is 14.8 Å². The highest BCUT2D eigenvalue weighted by molar-refractivity contribution is 5.59. The molecule has 1 aromatic heterocycles. The van der Waals surface area contributed by atoms with Gasteiger partial charge in [0.25, 0.3) is 0 Å². The van der Waals surface area contributed by atoms with Crippen LogP contribution in [0.15, 0.2) is 36.7 Å². The van der Waals surface area contributed by atoms with Crippen LogP contribution in [0.4, 0.5) is 10.1 Å². The lowest BCUT2D eigenvalue weighted by Gasteiger charge is -2.12. The summed E-state index contributed by atoms with van der Waals surface area (Å²) in [6.45, 7) is 0.453. The Hall–Kier alpha value is -2.30. The Morgan fingerprint density at radius 1 is 1.16 bits per heavy atom. The smallest absolute Gasteiger partial charge is 0.142 e. The van der Waals surface area contributed by atoms with Gasteiger partial charge in [-0.15, -0.1) is 0 Å². The molecule has 1 N–H and O–H groups in total. The Morgan fingerprint density at radius 2 is 2.00 bits per heavy atom. The van der Waals surface area contributed by atoms with Gasteiger partial charge in [0.05, 0.1) is 26.1 Å². The number of benzene rings is 1. The summed E-state index contributed by atoms with van der Waals surface area (Å²) in [7, 11) is 3.19. The Kier molecular flexibility index (Phi) is 4.18. The number of methoxy groups -OCH3 is 2. The maximum Gasteiger partial charge on any atom is 0.142 e. The van der Waals surface area contributed by atoms with Crippen molar-refractivity contribution in [1.82, 2.24) is 4.98 Å². The molecule has 5 heteroatoms. The molecule has 0 amide bonds. The molecular formula is C14H15FN2O2. The minimum Gasteiger partial charge on any atom is -0.497 e. The Labute approximate surface area is 111 Å². The van der Waals surface area contributed by atoms with Crippen molar-refractivity contribution in [2.24, 2.45) is 0 Å². The lowest BCUT2D eigenvalue weighted by molar-refractivity contribution is 0.404. The van der Waals surface area contributed by atoms with Crippen molar-refractivity contribution in [2.75, 3.05) is 19.5 Å². The van der Waals surface area contributed by atoms with Gasteiger partial charge in [-0.1, -0.05) is 0 Å². The monoisotopic (exact) mass is 262 g/mol. The molecule has 4 nitrogen and oxygen atoms in total. The summed E-state index contributed by atoms with van der Waals surface area (Å²) in [4.78, 5) is 3.80. The predicted molar refractivity (Wildman–Crippen MR) is 71.1 cm³/mol. The molecule has 0 aliphatic rings. The van der Waals surface area contributed by atoms with E-state index in [1.807, 2.05) is 18.2 Å². The van der Waals surface area contributed by atoms with Gasteiger partial charge in [-0.3, -0.25) is 4.98 Å². The summed E-state index contributed by atoms with van der Waals surface area (Å²) in [5, 5.41) is 3.17. The Bertz CT molecular complexity index is 561. The lowest BCUT2D eigenvalue weighted by Crippen LogP contribution is -2.02. The summed E-state index contributed by atoms with van der Waals surface area (Å²) < 4.78 is 23.4. The maximum absolute atomic E-state index is 13.0. The number of pyridine rings is 1. The van der Waals surface area contributed by atoms with E-state index in [2.05, 4.69) is 10.3 Å². The maximum atomic E-state index is 13.0. The molecule has 0 saturated heterocycles. The molecule has 0 spiro atoms. The molecule has 1 aromatic carbocycles. The molecular weight excluding hydrogens is 247 g/mol. The molecule has 0 radical (unpaired) electrons. The van der Waals surface area contributed by atoms with Gasteiger partial charge in [0, 0.05) is 18.8 Å². The van der Waals surface area contributed by atoms with Crippen molar-refractivity contribution in [3.8, 4) is 11.5 Å². The topological polar surface area (TPSA) is 43.4 Å². The molecule has 0 saturated carbocycles. The van der Waals surface area contributed by atoms with Crippen molar-refractivity contribution in [3.05, 3.63) is 48.0 Å². The normalized spacial score (nSPS) is 10.1. The first kappa shape index (κ1) is 13.1. The molecule has 2 aromatic rings. The molecule has 0 atom stereocenters. The summed E-state index contributed by atoms with van der Waals surface area (Å²) >= 11 is 0. The molecule has 1 heterocycles. The quantitative estimate of drug-likeness (QED) is 0.899. The largest absolute Gasteiger partial charge is 0.497 e. The Balaban J connectivity index is 2.14. The average Bonchev–Trinajstić information content (AvgIpc) is 2.45. The first-order valence-electron chi connectivity index (χ1n) is 5.78. The minimum absolute atomic E-state index is 0.350. The van der Waals surface area contributed by atoms with E-state index in [0.717, 1.165) is 17.0 Å². The van der Waals surface area contributed by atoms with Crippen LogP contribution in [0.5, 0.6) is 11.5 Å². The zero-order valence-corrected chi connectivity index (χ0v) is 10.8.